The first-order valence-electron chi connectivity index (χ1n) is 4.33. The Balaban J connectivity index is 2.70. The fraction of sp³-hybridized carbons (Fsp3) is 0.333. The minimum Gasteiger partial charge on any atom is -0.486 e. The van der Waals surface area contributed by atoms with Crippen molar-refractivity contribution < 1.29 is 13.5 Å². The molecule has 0 bridgehead atoms. The molecule has 1 rings (SSSR count). The van der Waals surface area contributed by atoms with Gasteiger partial charge < -0.3 is 4.74 Å². The number of ether oxygens (including phenoxy) is 1. The number of hydrogen-bond donors (Lipinski definition) is 0. The van der Waals surface area contributed by atoms with Crippen molar-refractivity contribution in [2.24, 2.45) is 5.11 Å². The Labute approximate surface area is 95.4 Å². The first-order valence-corrected chi connectivity index (χ1v) is 4.71. The van der Waals surface area contributed by atoms with Gasteiger partial charge in [-0.1, -0.05) is 22.8 Å². The number of rotatable bonds is 5. The summed E-state index contributed by atoms with van der Waals surface area (Å²) in [5.74, 6) is 0.187. The summed E-state index contributed by atoms with van der Waals surface area (Å²) >= 11 is 5.79. The average Bonchev–Trinajstić information content (AvgIpc) is 2.24. The molecule has 1 aromatic carbocycles. The highest BCUT2D eigenvalue weighted by atomic mass is 35.5. The lowest BCUT2D eigenvalue weighted by Gasteiger charge is -2.08. The van der Waals surface area contributed by atoms with E-state index >= 15 is 0 Å². The SMILES string of the molecule is [N-]=[N+]=NCc1ccc(OCC(F)F)c(Cl)c1. The van der Waals surface area contributed by atoms with E-state index in [9.17, 15) is 8.78 Å². The molecule has 0 fully saturated rings. The van der Waals surface area contributed by atoms with Crippen LogP contribution in [0, 0.1) is 0 Å². The average molecular weight is 248 g/mol. The molecule has 86 valence electrons. The van der Waals surface area contributed by atoms with Crippen LogP contribution in [0.25, 0.3) is 10.4 Å². The maximum Gasteiger partial charge on any atom is 0.272 e. The fourth-order valence-corrected chi connectivity index (χ4v) is 1.28. The van der Waals surface area contributed by atoms with Crippen LogP contribution in [0.15, 0.2) is 23.3 Å². The Bertz CT molecular complexity index is 408. The predicted octanol–water partition coefficient (Wildman–Crippen LogP) is 3.79. The van der Waals surface area contributed by atoms with Crippen molar-refractivity contribution in [1.29, 1.82) is 0 Å². The van der Waals surface area contributed by atoms with Gasteiger partial charge in [0.25, 0.3) is 6.43 Å². The molecule has 0 N–H and O–H groups in total. The lowest BCUT2D eigenvalue weighted by molar-refractivity contribution is 0.0819. The van der Waals surface area contributed by atoms with E-state index in [0.29, 0.717) is 5.56 Å². The monoisotopic (exact) mass is 247 g/mol. The largest absolute Gasteiger partial charge is 0.486 e. The molecule has 7 heteroatoms. The van der Waals surface area contributed by atoms with Gasteiger partial charge in [0.15, 0.2) is 0 Å². The molecule has 0 spiro atoms. The van der Waals surface area contributed by atoms with Crippen LogP contribution >= 0.6 is 11.6 Å². The van der Waals surface area contributed by atoms with Gasteiger partial charge in [0.2, 0.25) is 0 Å². The molecule has 4 nitrogen and oxygen atoms in total. The molecular formula is C9H8ClF2N3O. The van der Waals surface area contributed by atoms with Gasteiger partial charge in [0.05, 0.1) is 11.6 Å². The van der Waals surface area contributed by atoms with Crippen molar-refractivity contribution in [1.82, 2.24) is 0 Å². The van der Waals surface area contributed by atoms with E-state index in [1.54, 1.807) is 6.07 Å². The smallest absolute Gasteiger partial charge is 0.272 e. The zero-order chi connectivity index (χ0) is 12.0. The summed E-state index contributed by atoms with van der Waals surface area (Å²) < 4.78 is 28.5. The Morgan fingerprint density at radius 1 is 1.50 bits per heavy atom. The van der Waals surface area contributed by atoms with Gasteiger partial charge in [-0.2, -0.15) is 0 Å². The van der Waals surface area contributed by atoms with E-state index in [2.05, 4.69) is 10.0 Å². The molecule has 0 radical (unpaired) electrons. The normalized spacial score (nSPS) is 10.0. The molecule has 0 aliphatic rings. The molecule has 0 unspecified atom stereocenters. The molecular weight excluding hydrogens is 240 g/mol. The van der Waals surface area contributed by atoms with Crippen LogP contribution in [0.4, 0.5) is 8.78 Å². The van der Waals surface area contributed by atoms with Crippen LogP contribution in [0.3, 0.4) is 0 Å². The molecule has 0 amide bonds. The topological polar surface area (TPSA) is 58.0 Å². The maximum atomic E-state index is 11.9. The Morgan fingerprint density at radius 3 is 2.81 bits per heavy atom. The van der Waals surface area contributed by atoms with Gasteiger partial charge in [-0.25, -0.2) is 8.78 Å². The highest BCUT2D eigenvalue weighted by Gasteiger charge is 2.07. The lowest BCUT2D eigenvalue weighted by Crippen LogP contribution is -2.07. The standard InChI is InChI=1S/C9H8ClF2N3O/c10-7-3-6(4-14-15-13)1-2-8(7)16-5-9(11)12/h1-3,9H,4-5H2. The second-order valence-electron chi connectivity index (χ2n) is 2.86. The van der Waals surface area contributed by atoms with Crippen LogP contribution in [0.1, 0.15) is 5.56 Å². The van der Waals surface area contributed by atoms with Crippen molar-refractivity contribution in [2.75, 3.05) is 6.61 Å². The van der Waals surface area contributed by atoms with Gasteiger partial charge in [-0.15, -0.1) is 0 Å². The Kier molecular flexibility index (Phi) is 4.82. The molecule has 0 heterocycles. The van der Waals surface area contributed by atoms with Crippen molar-refractivity contribution in [3.05, 3.63) is 39.2 Å². The van der Waals surface area contributed by atoms with Crippen molar-refractivity contribution >= 4 is 11.6 Å². The maximum absolute atomic E-state index is 11.9. The summed E-state index contributed by atoms with van der Waals surface area (Å²) in [6.45, 7) is -0.541. The lowest BCUT2D eigenvalue weighted by atomic mass is 10.2. The first kappa shape index (κ1) is 12.5. The number of alkyl halides is 2. The van der Waals surface area contributed by atoms with E-state index < -0.39 is 13.0 Å². The second-order valence-corrected chi connectivity index (χ2v) is 3.26. The summed E-state index contributed by atoms with van der Waals surface area (Å²) in [6, 6.07) is 4.57. The Hall–Kier alpha value is -1.52. The second kappa shape index (κ2) is 6.15. The third-order valence-corrected chi connectivity index (χ3v) is 1.97. The molecule has 0 aromatic heterocycles. The fourth-order valence-electron chi connectivity index (χ4n) is 1.03. The summed E-state index contributed by atoms with van der Waals surface area (Å²) in [5.41, 5.74) is 8.80. The summed E-state index contributed by atoms with van der Waals surface area (Å²) in [5, 5.41) is 3.56. The summed E-state index contributed by atoms with van der Waals surface area (Å²) in [7, 11) is 0. The number of benzene rings is 1. The summed E-state index contributed by atoms with van der Waals surface area (Å²) in [6.07, 6.45) is -2.54. The number of halogens is 3. The van der Waals surface area contributed by atoms with E-state index in [1.807, 2.05) is 0 Å². The predicted molar refractivity (Wildman–Crippen MR) is 55.8 cm³/mol. The zero-order valence-electron chi connectivity index (χ0n) is 8.11. The number of nitrogens with zero attached hydrogens (tertiary/aromatic N) is 3. The van der Waals surface area contributed by atoms with E-state index in [0.717, 1.165) is 0 Å². The molecule has 0 saturated carbocycles. The van der Waals surface area contributed by atoms with Crippen LogP contribution in [-0.2, 0) is 6.54 Å². The Morgan fingerprint density at radius 2 is 2.25 bits per heavy atom. The highest BCUT2D eigenvalue weighted by molar-refractivity contribution is 6.32. The molecule has 0 atom stereocenters. The minimum absolute atomic E-state index is 0.158. The molecule has 0 aliphatic carbocycles. The van der Waals surface area contributed by atoms with Gasteiger partial charge in [0, 0.05) is 4.91 Å². The zero-order valence-corrected chi connectivity index (χ0v) is 8.86. The third kappa shape index (κ3) is 3.92. The van der Waals surface area contributed by atoms with Crippen LogP contribution in [0.2, 0.25) is 5.02 Å². The quantitative estimate of drug-likeness (QED) is 0.444. The number of azide groups is 1. The van der Waals surface area contributed by atoms with E-state index in [4.69, 9.17) is 21.9 Å². The molecule has 16 heavy (non-hydrogen) atoms. The first-order chi connectivity index (χ1) is 7.63. The molecule has 1 aromatic rings. The van der Waals surface area contributed by atoms with Gasteiger partial charge in [0.1, 0.15) is 12.4 Å². The van der Waals surface area contributed by atoms with Crippen molar-refractivity contribution in [3.63, 3.8) is 0 Å². The molecule has 0 aliphatic heterocycles. The number of hydrogen-bond acceptors (Lipinski definition) is 2. The van der Waals surface area contributed by atoms with Crippen molar-refractivity contribution in [3.8, 4) is 5.75 Å². The van der Waals surface area contributed by atoms with Crippen LogP contribution in [0.5, 0.6) is 5.75 Å². The highest BCUT2D eigenvalue weighted by Crippen LogP contribution is 2.26. The van der Waals surface area contributed by atoms with E-state index in [1.165, 1.54) is 12.1 Å². The molecule has 0 saturated heterocycles. The van der Waals surface area contributed by atoms with Gasteiger partial charge in [-0.3, -0.25) is 0 Å². The third-order valence-electron chi connectivity index (χ3n) is 1.68. The van der Waals surface area contributed by atoms with Crippen molar-refractivity contribution in [2.45, 2.75) is 13.0 Å². The van der Waals surface area contributed by atoms with Gasteiger partial charge in [-0.05, 0) is 23.2 Å². The summed E-state index contributed by atoms with van der Waals surface area (Å²) in [4.78, 5) is 2.59. The van der Waals surface area contributed by atoms with Crippen LogP contribution < -0.4 is 4.74 Å². The van der Waals surface area contributed by atoms with Crippen LogP contribution in [-0.4, -0.2) is 13.0 Å². The van der Waals surface area contributed by atoms with E-state index in [-0.39, 0.29) is 17.3 Å². The minimum atomic E-state index is -2.54. The van der Waals surface area contributed by atoms with Gasteiger partial charge >= 0.3 is 0 Å².